The third-order valence-corrected chi connectivity index (χ3v) is 3.40. The summed E-state index contributed by atoms with van der Waals surface area (Å²) in [6.45, 7) is 1.82. The number of carbonyl (C=O) groups excluding carboxylic acids is 1. The van der Waals surface area contributed by atoms with Crippen molar-refractivity contribution in [2.75, 3.05) is 0 Å². The quantitative estimate of drug-likeness (QED) is 0.587. The summed E-state index contributed by atoms with van der Waals surface area (Å²) >= 11 is 0. The second-order valence-electron chi connectivity index (χ2n) is 5.13. The fourth-order valence-electron chi connectivity index (χ4n) is 2.18. The molecule has 8 nitrogen and oxygen atoms in total. The van der Waals surface area contributed by atoms with E-state index in [2.05, 4.69) is 5.32 Å². The van der Waals surface area contributed by atoms with Gasteiger partial charge in [-0.15, -0.1) is 0 Å². The number of hydrogen-bond acceptors (Lipinski definition) is 4. The molecule has 0 radical (unpaired) electrons. The van der Waals surface area contributed by atoms with E-state index in [1.165, 1.54) is 12.3 Å². The highest BCUT2D eigenvalue weighted by Crippen LogP contribution is 2.37. The number of carboxylic acids is 1. The molecule has 0 aromatic carbocycles. The normalized spacial score (nSPS) is 15.5. The van der Waals surface area contributed by atoms with Crippen molar-refractivity contribution in [2.45, 2.75) is 44.7 Å². The summed E-state index contributed by atoms with van der Waals surface area (Å²) in [4.78, 5) is 33.5. The van der Waals surface area contributed by atoms with Gasteiger partial charge in [-0.05, 0) is 19.3 Å². The molecule has 8 heteroatoms. The highest BCUT2D eigenvalue weighted by Gasteiger charge is 2.31. The molecule has 1 atom stereocenters. The third-order valence-electron chi connectivity index (χ3n) is 3.40. The summed E-state index contributed by atoms with van der Waals surface area (Å²) < 4.78 is 1.57. The Bertz CT molecular complexity index is 576. The van der Waals surface area contributed by atoms with E-state index in [1.54, 1.807) is 4.57 Å². The zero-order valence-corrected chi connectivity index (χ0v) is 11.6. The van der Waals surface area contributed by atoms with Crippen LogP contribution in [0.1, 0.15) is 49.1 Å². The van der Waals surface area contributed by atoms with Gasteiger partial charge in [0.1, 0.15) is 11.7 Å². The molecule has 1 aliphatic carbocycles. The first-order valence-corrected chi connectivity index (χ1v) is 6.84. The van der Waals surface area contributed by atoms with Gasteiger partial charge in [-0.1, -0.05) is 13.3 Å². The van der Waals surface area contributed by atoms with Crippen molar-refractivity contribution in [3.63, 3.8) is 0 Å². The maximum atomic E-state index is 12.2. The van der Waals surface area contributed by atoms with Crippen LogP contribution < -0.4 is 5.32 Å². The van der Waals surface area contributed by atoms with Gasteiger partial charge in [0.25, 0.3) is 11.6 Å². The van der Waals surface area contributed by atoms with Gasteiger partial charge in [-0.2, -0.15) is 0 Å². The third kappa shape index (κ3) is 3.39. The molecular formula is C13H17N3O5. The van der Waals surface area contributed by atoms with Gasteiger partial charge in [0.2, 0.25) is 0 Å². The van der Waals surface area contributed by atoms with Crippen LogP contribution in [0.5, 0.6) is 0 Å². The van der Waals surface area contributed by atoms with Gasteiger partial charge < -0.3 is 15.0 Å². The number of nitrogens with one attached hydrogen (secondary N) is 1. The monoisotopic (exact) mass is 295 g/mol. The molecule has 21 heavy (non-hydrogen) atoms. The average molecular weight is 295 g/mol. The lowest BCUT2D eigenvalue weighted by atomic mass is 10.1. The highest BCUT2D eigenvalue weighted by atomic mass is 16.6. The number of amides is 1. The molecule has 1 heterocycles. The van der Waals surface area contributed by atoms with E-state index in [0.29, 0.717) is 12.8 Å². The van der Waals surface area contributed by atoms with Crippen LogP contribution in [0.4, 0.5) is 5.69 Å². The largest absolute Gasteiger partial charge is 0.480 e. The molecule has 0 bridgehead atoms. The van der Waals surface area contributed by atoms with Crippen molar-refractivity contribution < 1.29 is 19.6 Å². The predicted octanol–water partition coefficient (Wildman–Crippen LogP) is 1.71. The van der Waals surface area contributed by atoms with Crippen LogP contribution in [0.25, 0.3) is 0 Å². The van der Waals surface area contributed by atoms with Crippen molar-refractivity contribution >= 4 is 17.6 Å². The van der Waals surface area contributed by atoms with E-state index >= 15 is 0 Å². The number of aliphatic carboxylic acids is 1. The number of nitro groups is 1. The molecule has 114 valence electrons. The Labute approximate surface area is 120 Å². The van der Waals surface area contributed by atoms with Gasteiger partial charge in [0, 0.05) is 12.1 Å². The molecule has 2 N–H and O–H groups in total. The first-order chi connectivity index (χ1) is 9.93. The Morgan fingerprint density at radius 1 is 1.57 bits per heavy atom. The minimum Gasteiger partial charge on any atom is -0.480 e. The fourth-order valence-corrected chi connectivity index (χ4v) is 2.18. The summed E-state index contributed by atoms with van der Waals surface area (Å²) in [5, 5.41) is 22.3. The van der Waals surface area contributed by atoms with Crippen LogP contribution in [0.2, 0.25) is 0 Å². The van der Waals surface area contributed by atoms with Gasteiger partial charge in [-0.25, -0.2) is 4.79 Å². The van der Waals surface area contributed by atoms with Gasteiger partial charge >= 0.3 is 5.97 Å². The molecule has 0 spiro atoms. The highest BCUT2D eigenvalue weighted by molar-refractivity contribution is 5.96. The Balaban J connectivity index is 2.21. The number of aromatic nitrogens is 1. The standard InChI is InChI=1S/C13H17N3O5/c1-2-3-10(13(18)19)14-12(17)11-6-9(16(20)21)7-15(11)8-4-5-8/h6-8,10H,2-5H2,1H3,(H,14,17)(H,18,19)/t10-/m0/s1. The first-order valence-electron chi connectivity index (χ1n) is 6.84. The van der Waals surface area contributed by atoms with E-state index in [0.717, 1.165) is 12.8 Å². The van der Waals surface area contributed by atoms with Crippen LogP contribution >= 0.6 is 0 Å². The SMILES string of the molecule is CCC[C@H](NC(=O)c1cc([N+](=O)[O-])cn1C1CC1)C(=O)O. The lowest BCUT2D eigenvalue weighted by Gasteiger charge is -2.14. The molecule has 1 amide bonds. The van der Waals surface area contributed by atoms with E-state index < -0.39 is 22.8 Å². The first kappa shape index (κ1) is 15.0. The minimum atomic E-state index is -1.11. The fraction of sp³-hybridized carbons (Fsp3) is 0.538. The van der Waals surface area contributed by atoms with E-state index in [-0.39, 0.29) is 17.4 Å². The van der Waals surface area contributed by atoms with Crippen molar-refractivity contribution in [1.82, 2.24) is 9.88 Å². The molecular weight excluding hydrogens is 278 g/mol. The summed E-state index contributed by atoms with van der Waals surface area (Å²) in [5.74, 6) is -1.69. The van der Waals surface area contributed by atoms with E-state index in [1.807, 2.05) is 6.92 Å². The molecule has 0 aliphatic heterocycles. The van der Waals surface area contributed by atoms with Crippen LogP contribution in [0, 0.1) is 10.1 Å². The maximum Gasteiger partial charge on any atom is 0.326 e. The lowest BCUT2D eigenvalue weighted by molar-refractivity contribution is -0.384. The van der Waals surface area contributed by atoms with E-state index in [9.17, 15) is 19.7 Å². The zero-order chi connectivity index (χ0) is 15.6. The Morgan fingerprint density at radius 3 is 2.71 bits per heavy atom. The van der Waals surface area contributed by atoms with Crippen molar-refractivity contribution in [2.24, 2.45) is 0 Å². The zero-order valence-electron chi connectivity index (χ0n) is 11.6. The number of nitrogens with zero attached hydrogens (tertiary/aromatic N) is 2. The van der Waals surface area contributed by atoms with Gasteiger partial charge in [0.15, 0.2) is 0 Å². The molecule has 1 aromatic heterocycles. The molecule has 0 unspecified atom stereocenters. The summed E-state index contributed by atoms with van der Waals surface area (Å²) in [5.41, 5.74) is -0.0130. The van der Waals surface area contributed by atoms with Crippen LogP contribution in [-0.4, -0.2) is 32.5 Å². The summed E-state index contributed by atoms with van der Waals surface area (Å²) in [6, 6.07) is 0.302. The second kappa shape index (κ2) is 5.94. The minimum absolute atomic E-state index is 0.0916. The molecule has 0 saturated heterocycles. The van der Waals surface area contributed by atoms with Crippen molar-refractivity contribution in [3.05, 3.63) is 28.1 Å². The topological polar surface area (TPSA) is 114 Å². The van der Waals surface area contributed by atoms with Crippen molar-refractivity contribution in [1.29, 1.82) is 0 Å². The van der Waals surface area contributed by atoms with Crippen LogP contribution in [0.15, 0.2) is 12.3 Å². The van der Waals surface area contributed by atoms with Gasteiger partial charge in [0.05, 0.1) is 11.1 Å². The van der Waals surface area contributed by atoms with Crippen LogP contribution in [-0.2, 0) is 4.79 Å². The molecule has 1 fully saturated rings. The van der Waals surface area contributed by atoms with Crippen molar-refractivity contribution in [3.8, 4) is 0 Å². The number of rotatable bonds is 7. The second-order valence-corrected chi connectivity index (χ2v) is 5.13. The average Bonchev–Trinajstić information content (AvgIpc) is 3.16. The number of carbonyl (C=O) groups is 2. The van der Waals surface area contributed by atoms with Gasteiger partial charge in [-0.3, -0.25) is 14.9 Å². The number of carboxylic acid groups (broad SMARTS) is 1. The number of hydrogen-bond donors (Lipinski definition) is 2. The summed E-state index contributed by atoms with van der Waals surface area (Å²) in [7, 11) is 0. The smallest absolute Gasteiger partial charge is 0.326 e. The Hall–Kier alpha value is -2.38. The summed E-state index contributed by atoms with van der Waals surface area (Å²) in [6.07, 6.45) is 3.99. The predicted molar refractivity (Wildman–Crippen MR) is 73.2 cm³/mol. The lowest BCUT2D eigenvalue weighted by Crippen LogP contribution is -2.41. The molecule has 1 aliphatic rings. The Kier molecular flexibility index (Phi) is 4.25. The van der Waals surface area contributed by atoms with Crippen LogP contribution in [0.3, 0.4) is 0 Å². The molecule has 2 rings (SSSR count). The molecule has 1 saturated carbocycles. The van der Waals surface area contributed by atoms with E-state index in [4.69, 9.17) is 5.11 Å². The molecule has 1 aromatic rings. The Morgan fingerprint density at radius 2 is 2.24 bits per heavy atom. The maximum absolute atomic E-state index is 12.2.